The number of amides is 1. The summed E-state index contributed by atoms with van der Waals surface area (Å²) in [6, 6.07) is 11.8. The number of hydrogen-bond donors (Lipinski definition) is 0. The van der Waals surface area contributed by atoms with Crippen LogP contribution in [0.4, 0.5) is 0 Å². The van der Waals surface area contributed by atoms with E-state index < -0.39 is 11.2 Å². The number of nitrogens with zero attached hydrogens (tertiary/aromatic N) is 5. The predicted octanol–water partition coefficient (Wildman–Crippen LogP) is 3.55. The minimum atomic E-state index is -0.517. The van der Waals surface area contributed by atoms with Crippen LogP contribution in [0.1, 0.15) is 47.7 Å². The number of benzene rings is 1. The largest absolute Gasteiger partial charge is 0.339 e. The summed E-state index contributed by atoms with van der Waals surface area (Å²) in [6.45, 7) is 2.42. The predicted molar refractivity (Wildman–Crippen MR) is 137 cm³/mol. The lowest BCUT2D eigenvalue weighted by Gasteiger charge is -2.19. The molecule has 4 aromatic rings. The van der Waals surface area contributed by atoms with Gasteiger partial charge >= 0.3 is 5.69 Å². The number of rotatable bonds is 7. The number of carbonyl (C=O) groups excluding carboxylic acids is 1. The van der Waals surface area contributed by atoms with Crippen LogP contribution in [-0.4, -0.2) is 36.5 Å². The van der Waals surface area contributed by atoms with Gasteiger partial charge in [0.2, 0.25) is 5.91 Å². The van der Waals surface area contributed by atoms with Crippen molar-refractivity contribution in [2.45, 2.75) is 58.3 Å². The van der Waals surface area contributed by atoms with E-state index in [1.54, 1.807) is 29.6 Å². The summed E-state index contributed by atoms with van der Waals surface area (Å²) < 4.78 is 4.53. The van der Waals surface area contributed by atoms with Crippen molar-refractivity contribution >= 4 is 28.4 Å². The third kappa shape index (κ3) is 4.48. The minimum Gasteiger partial charge on any atom is -0.339 e. The van der Waals surface area contributed by atoms with E-state index in [-0.39, 0.29) is 25.0 Å². The Bertz CT molecular complexity index is 1470. The van der Waals surface area contributed by atoms with Gasteiger partial charge in [0.25, 0.3) is 5.56 Å². The van der Waals surface area contributed by atoms with Crippen LogP contribution in [-0.2, 0) is 24.4 Å². The van der Waals surface area contributed by atoms with Crippen LogP contribution in [0.5, 0.6) is 0 Å². The molecule has 1 fully saturated rings. The normalized spacial score (nSPS) is 14.1. The summed E-state index contributed by atoms with van der Waals surface area (Å²) in [5, 5.41) is 1.99. The second kappa shape index (κ2) is 9.65. The molecule has 0 bridgehead atoms. The first kappa shape index (κ1) is 23.3. The maximum Gasteiger partial charge on any atom is 0.333 e. The van der Waals surface area contributed by atoms with Crippen LogP contribution in [0.25, 0.3) is 11.2 Å². The average Bonchev–Trinajstić information content (AvgIpc) is 3.61. The van der Waals surface area contributed by atoms with E-state index in [1.807, 2.05) is 53.3 Å². The van der Waals surface area contributed by atoms with Gasteiger partial charge in [0, 0.05) is 18.0 Å². The van der Waals surface area contributed by atoms with Crippen molar-refractivity contribution in [1.82, 2.24) is 23.6 Å². The summed E-state index contributed by atoms with van der Waals surface area (Å²) in [7, 11) is 1.70. The second-order valence-electron chi connectivity index (χ2n) is 9.28. The summed E-state index contributed by atoms with van der Waals surface area (Å²) in [4.78, 5) is 47.5. The first-order valence-electron chi connectivity index (χ1n) is 11.9. The van der Waals surface area contributed by atoms with E-state index in [9.17, 15) is 14.4 Å². The van der Waals surface area contributed by atoms with E-state index in [0.717, 1.165) is 46.3 Å². The van der Waals surface area contributed by atoms with Crippen LogP contribution in [0.15, 0.2) is 57.7 Å². The number of carbonyl (C=O) groups is 1. The fourth-order valence-corrected chi connectivity index (χ4v) is 5.80. The monoisotopic (exact) mass is 491 g/mol. The van der Waals surface area contributed by atoms with Crippen molar-refractivity contribution in [2.75, 3.05) is 7.05 Å². The van der Waals surface area contributed by atoms with Gasteiger partial charge in [-0.2, -0.15) is 0 Å². The molecule has 9 heteroatoms. The third-order valence-corrected chi connectivity index (χ3v) is 7.92. The summed E-state index contributed by atoms with van der Waals surface area (Å²) in [5.41, 5.74) is 1.86. The molecule has 5 rings (SSSR count). The molecule has 1 aliphatic carbocycles. The highest BCUT2D eigenvalue weighted by molar-refractivity contribution is 7.10. The Morgan fingerprint density at radius 1 is 1.11 bits per heavy atom. The SMILES string of the molecule is Cc1ccsc1CN(C)C(=O)Cn1c(=O)c2c(ncn2C2CCCC2)n(Cc2ccccc2)c1=O. The molecular weight excluding hydrogens is 462 g/mol. The number of imidazole rings is 1. The van der Waals surface area contributed by atoms with Crippen molar-refractivity contribution < 1.29 is 4.79 Å². The Morgan fingerprint density at radius 2 is 1.86 bits per heavy atom. The zero-order valence-electron chi connectivity index (χ0n) is 20.0. The van der Waals surface area contributed by atoms with Gasteiger partial charge < -0.3 is 9.47 Å². The number of aromatic nitrogens is 4. The highest BCUT2D eigenvalue weighted by Gasteiger charge is 2.25. The second-order valence-corrected chi connectivity index (χ2v) is 10.3. The van der Waals surface area contributed by atoms with Gasteiger partial charge in [0.1, 0.15) is 6.54 Å². The van der Waals surface area contributed by atoms with Crippen LogP contribution in [0, 0.1) is 6.92 Å². The molecule has 35 heavy (non-hydrogen) atoms. The smallest absolute Gasteiger partial charge is 0.333 e. The summed E-state index contributed by atoms with van der Waals surface area (Å²) in [5.74, 6) is -0.283. The zero-order chi connectivity index (χ0) is 24.5. The standard InChI is InChI=1S/C26H29N5O3S/c1-18-12-13-35-21(18)15-28(2)22(32)16-30-25(33)23-24(27-17-31(23)20-10-6-7-11-20)29(26(30)34)14-19-8-4-3-5-9-19/h3-5,8-9,12-13,17,20H,6-7,10-11,14-16H2,1-2H3. The van der Waals surface area contributed by atoms with E-state index in [4.69, 9.17) is 0 Å². The van der Waals surface area contributed by atoms with E-state index in [1.165, 1.54) is 4.57 Å². The molecule has 3 aromatic heterocycles. The molecule has 1 saturated carbocycles. The molecular formula is C26H29N5O3S. The highest BCUT2D eigenvalue weighted by atomic mass is 32.1. The Balaban J connectivity index is 1.57. The number of hydrogen-bond acceptors (Lipinski definition) is 5. The number of likely N-dealkylation sites (N-methyl/N-ethyl adjacent to an activating group) is 1. The van der Waals surface area contributed by atoms with Crippen LogP contribution in [0.3, 0.4) is 0 Å². The molecule has 1 amide bonds. The van der Waals surface area contributed by atoms with Crippen LogP contribution >= 0.6 is 11.3 Å². The molecule has 182 valence electrons. The van der Waals surface area contributed by atoms with Crippen LogP contribution in [0.2, 0.25) is 0 Å². The van der Waals surface area contributed by atoms with E-state index in [2.05, 4.69) is 4.98 Å². The van der Waals surface area contributed by atoms with Gasteiger partial charge in [-0.05, 0) is 42.3 Å². The van der Waals surface area contributed by atoms with E-state index >= 15 is 0 Å². The Morgan fingerprint density at radius 3 is 2.54 bits per heavy atom. The Kier molecular flexibility index (Phi) is 6.42. The highest BCUT2D eigenvalue weighted by Crippen LogP contribution is 2.31. The van der Waals surface area contributed by atoms with Crippen molar-refractivity contribution in [3.05, 3.63) is 84.9 Å². The molecule has 0 N–H and O–H groups in total. The van der Waals surface area contributed by atoms with Gasteiger partial charge in [-0.15, -0.1) is 11.3 Å². The summed E-state index contributed by atoms with van der Waals surface area (Å²) in [6.07, 6.45) is 5.84. The van der Waals surface area contributed by atoms with Gasteiger partial charge in [0.05, 0.1) is 19.4 Å². The van der Waals surface area contributed by atoms with Crippen molar-refractivity contribution in [3.63, 3.8) is 0 Å². The Labute approximate surface area is 207 Å². The quantitative estimate of drug-likeness (QED) is 0.396. The lowest BCUT2D eigenvalue weighted by atomic mass is 10.2. The van der Waals surface area contributed by atoms with Crippen molar-refractivity contribution in [1.29, 1.82) is 0 Å². The molecule has 3 heterocycles. The number of aryl methyl sites for hydroxylation is 1. The lowest BCUT2D eigenvalue weighted by Crippen LogP contribution is -2.44. The van der Waals surface area contributed by atoms with Crippen LogP contribution < -0.4 is 11.2 Å². The maximum absolute atomic E-state index is 13.6. The Hall–Kier alpha value is -3.46. The first-order valence-corrected chi connectivity index (χ1v) is 12.8. The first-order chi connectivity index (χ1) is 16.9. The fourth-order valence-electron chi connectivity index (χ4n) is 4.84. The summed E-state index contributed by atoms with van der Waals surface area (Å²) >= 11 is 1.59. The molecule has 0 saturated heterocycles. The van der Waals surface area contributed by atoms with Crippen molar-refractivity contribution in [2.24, 2.45) is 0 Å². The topological polar surface area (TPSA) is 82.1 Å². The minimum absolute atomic E-state index is 0.184. The zero-order valence-corrected chi connectivity index (χ0v) is 20.8. The molecule has 0 spiro atoms. The molecule has 0 radical (unpaired) electrons. The molecule has 0 aliphatic heterocycles. The van der Waals surface area contributed by atoms with Crippen molar-refractivity contribution in [3.8, 4) is 0 Å². The average molecular weight is 492 g/mol. The molecule has 0 atom stereocenters. The fraction of sp³-hybridized carbons (Fsp3) is 0.385. The number of thiophene rings is 1. The lowest BCUT2D eigenvalue weighted by molar-refractivity contribution is -0.131. The molecule has 0 unspecified atom stereocenters. The maximum atomic E-state index is 13.6. The molecule has 8 nitrogen and oxygen atoms in total. The van der Waals surface area contributed by atoms with Gasteiger partial charge in [0.15, 0.2) is 11.2 Å². The van der Waals surface area contributed by atoms with Gasteiger partial charge in [-0.1, -0.05) is 43.2 Å². The molecule has 1 aromatic carbocycles. The van der Waals surface area contributed by atoms with Gasteiger partial charge in [-0.3, -0.25) is 14.2 Å². The number of fused-ring (bicyclic) bond motifs is 1. The van der Waals surface area contributed by atoms with E-state index in [0.29, 0.717) is 17.7 Å². The molecule has 1 aliphatic rings. The van der Waals surface area contributed by atoms with Gasteiger partial charge in [-0.25, -0.2) is 14.3 Å². The third-order valence-electron chi connectivity index (χ3n) is 6.91.